The van der Waals surface area contributed by atoms with Crippen LogP contribution in [0.1, 0.15) is 0 Å². The summed E-state index contributed by atoms with van der Waals surface area (Å²) < 4.78 is 0. The Balaban J connectivity index is -0.000000157. The molecule has 0 aliphatic rings. The van der Waals surface area contributed by atoms with Crippen LogP contribution in [0.25, 0.3) is 0 Å². The fourth-order valence-electron chi connectivity index (χ4n) is 0.642. The Morgan fingerprint density at radius 3 is 0.824 bits per heavy atom. The van der Waals surface area contributed by atoms with Gasteiger partial charge in [-0.3, -0.25) is 0 Å². The largest absolute Gasteiger partial charge is 2.00 e. The SMILES string of the molecule is O[B]O.O[B]O.[Ti+2].c1cc[cH-]c1.c1cc[cH-]c1. The van der Waals surface area contributed by atoms with Gasteiger partial charge in [0.2, 0.25) is 0 Å². The van der Waals surface area contributed by atoms with Crippen LogP contribution in [0.3, 0.4) is 0 Å². The molecule has 0 heterocycles. The molecule has 7 heteroatoms. The summed E-state index contributed by atoms with van der Waals surface area (Å²) in [6.45, 7) is 0. The molecule has 2 aromatic rings. The normalized spacial score (nSPS) is 6.35. The van der Waals surface area contributed by atoms with Crippen molar-refractivity contribution >= 4 is 15.4 Å². The van der Waals surface area contributed by atoms with Gasteiger partial charge in [-0.25, -0.2) is 24.3 Å². The molecule has 0 aromatic heterocycles. The van der Waals surface area contributed by atoms with Crippen LogP contribution < -0.4 is 0 Å². The van der Waals surface area contributed by atoms with E-state index in [-0.39, 0.29) is 37.1 Å². The van der Waals surface area contributed by atoms with Gasteiger partial charge in [0.05, 0.1) is 0 Å². The third kappa shape index (κ3) is 31.3. The fraction of sp³-hybridized carbons (Fsp3) is 0. The molecule has 2 aromatic carbocycles. The Morgan fingerprint density at radius 1 is 0.588 bits per heavy atom. The van der Waals surface area contributed by atoms with E-state index < -0.39 is 0 Å². The number of hydrogen-bond acceptors (Lipinski definition) is 4. The Kier molecular flexibility index (Phi) is 31.3. The standard InChI is InChI=1S/2C5H5.2BH2O2.Ti/c2*1-2-4-5-3-1;2*2-1-3;/h2*1-5H;2*2-3H;/q2*-1;;;+2. The molecule has 4 nitrogen and oxygen atoms in total. The second kappa shape index (κ2) is 24.6. The van der Waals surface area contributed by atoms with Crippen LogP contribution >= 0.6 is 0 Å². The topological polar surface area (TPSA) is 80.9 Å². The molecule has 0 saturated carbocycles. The quantitative estimate of drug-likeness (QED) is 0.394. The fourth-order valence-corrected chi connectivity index (χ4v) is 0.642. The zero-order chi connectivity index (χ0) is 12.5. The van der Waals surface area contributed by atoms with E-state index in [0.29, 0.717) is 0 Å². The Hall–Kier alpha value is -0.616. The zero-order valence-electron chi connectivity index (χ0n) is 9.22. The van der Waals surface area contributed by atoms with Crippen LogP contribution in [0.15, 0.2) is 60.7 Å². The minimum absolute atomic E-state index is 0. The van der Waals surface area contributed by atoms with Gasteiger partial charge >= 0.3 is 37.1 Å². The van der Waals surface area contributed by atoms with Gasteiger partial charge in [-0.05, 0) is 0 Å². The molecule has 0 atom stereocenters. The third-order valence-electron chi connectivity index (χ3n) is 1.11. The van der Waals surface area contributed by atoms with Crippen molar-refractivity contribution in [1.29, 1.82) is 0 Å². The van der Waals surface area contributed by atoms with Gasteiger partial charge in [-0.2, -0.15) is 36.4 Å². The van der Waals surface area contributed by atoms with Crippen molar-refractivity contribution < 1.29 is 41.8 Å². The molecule has 2 radical (unpaired) electrons. The zero-order valence-corrected chi connectivity index (χ0v) is 10.8. The Labute approximate surface area is 118 Å². The summed E-state index contributed by atoms with van der Waals surface area (Å²) in [7, 11) is 0. The van der Waals surface area contributed by atoms with Crippen molar-refractivity contribution in [1.82, 2.24) is 0 Å². The molecule has 17 heavy (non-hydrogen) atoms. The molecule has 0 saturated heterocycles. The summed E-state index contributed by atoms with van der Waals surface area (Å²) in [5.74, 6) is 0. The van der Waals surface area contributed by atoms with Gasteiger partial charge in [0.1, 0.15) is 0 Å². The first kappa shape index (κ1) is 21.6. The maximum atomic E-state index is 7.00. The molecule has 0 fully saturated rings. The van der Waals surface area contributed by atoms with Crippen LogP contribution in [-0.2, 0) is 21.7 Å². The van der Waals surface area contributed by atoms with Gasteiger partial charge in [-0.15, -0.1) is 0 Å². The van der Waals surface area contributed by atoms with Crippen molar-refractivity contribution in [3.8, 4) is 0 Å². The van der Waals surface area contributed by atoms with Crippen molar-refractivity contribution in [3.05, 3.63) is 60.7 Å². The maximum absolute atomic E-state index is 7.00. The van der Waals surface area contributed by atoms with Crippen molar-refractivity contribution in [2.45, 2.75) is 0 Å². The average molecular weight is 268 g/mol. The van der Waals surface area contributed by atoms with Gasteiger partial charge in [-0.1, -0.05) is 0 Å². The monoisotopic (exact) mass is 268 g/mol. The molecule has 0 aliphatic heterocycles. The van der Waals surface area contributed by atoms with E-state index in [1.807, 2.05) is 60.7 Å². The van der Waals surface area contributed by atoms with Crippen LogP contribution in [0.4, 0.5) is 0 Å². The van der Waals surface area contributed by atoms with Gasteiger partial charge in [0, 0.05) is 0 Å². The maximum Gasteiger partial charge on any atom is 2.00 e. The molecule has 0 amide bonds. The van der Waals surface area contributed by atoms with Crippen LogP contribution in [0.2, 0.25) is 0 Å². The van der Waals surface area contributed by atoms with Crippen LogP contribution in [0, 0.1) is 0 Å². The van der Waals surface area contributed by atoms with E-state index in [1.165, 1.54) is 0 Å². The molecule has 0 bridgehead atoms. The predicted molar refractivity (Wildman–Crippen MR) is 64.5 cm³/mol. The smallest absolute Gasteiger partial charge is 0.429 e. The van der Waals surface area contributed by atoms with E-state index in [2.05, 4.69) is 0 Å². The summed E-state index contributed by atoms with van der Waals surface area (Å²) >= 11 is 0. The Morgan fingerprint density at radius 2 is 0.765 bits per heavy atom. The van der Waals surface area contributed by atoms with E-state index in [4.69, 9.17) is 20.1 Å². The molecule has 0 spiro atoms. The van der Waals surface area contributed by atoms with Crippen LogP contribution in [0.5, 0.6) is 0 Å². The molecular weight excluding hydrogens is 254 g/mol. The molecule has 0 aliphatic carbocycles. The minimum Gasteiger partial charge on any atom is -0.429 e. The van der Waals surface area contributed by atoms with E-state index in [1.54, 1.807) is 0 Å². The Bertz CT molecular complexity index is 188. The summed E-state index contributed by atoms with van der Waals surface area (Å²) in [6.07, 6.45) is 0. The van der Waals surface area contributed by atoms with Gasteiger partial charge in [0.15, 0.2) is 0 Å². The molecule has 2 rings (SSSR count). The average Bonchev–Trinajstić information content (AvgIpc) is 3.00. The second-order valence-electron chi connectivity index (χ2n) is 2.16. The molecule has 4 N–H and O–H groups in total. The third-order valence-corrected chi connectivity index (χ3v) is 1.11. The summed E-state index contributed by atoms with van der Waals surface area (Å²) in [6, 6.07) is 20.0. The van der Waals surface area contributed by atoms with Crippen LogP contribution in [-0.4, -0.2) is 35.5 Å². The molecular formula is C10H14B2O4Ti. The summed E-state index contributed by atoms with van der Waals surface area (Å²) in [4.78, 5) is 0. The first-order valence-corrected chi connectivity index (χ1v) is 4.37. The first-order valence-electron chi connectivity index (χ1n) is 4.37. The molecule has 88 valence electrons. The molecule has 0 unspecified atom stereocenters. The van der Waals surface area contributed by atoms with Crippen molar-refractivity contribution in [3.63, 3.8) is 0 Å². The van der Waals surface area contributed by atoms with Gasteiger partial charge < -0.3 is 20.1 Å². The van der Waals surface area contributed by atoms with E-state index in [0.717, 1.165) is 0 Å². The minimum atomic E-state index is 0. The summed E-state index contributed by atoms with van der Waals surface area (Å²) in [5.41, 5.74) is 0. The number of hydrogen-bond donors (Lipinski definition) is 4. The van der Waals surface area contributed by atoms with E-state index >= 15 is 0 Å². The van der Waals surface area contributed by atoms with Crippen molar-refractivity contribution in [2.24, 2.45) is 0 Å². The summed E-state index contributed by atoms with van der Waals surface area (Å²) in [5, 5.41) is 28.0. The van der Waals surface area contributed by atoms with Gasteiger partial charge in [0.25, 0.3) is 0 Å². The van der Waals surface area contributed by atoms with E-state index in [9.17, 15) is 0 Å². The number of rotatable bonds is 0. The first-order chi connectivity index (χ1) is 7.83. The second-order valence-corrected chi connectivity index (χ2v) is 2.16. The van der Waals surface area contributed by atoms with Crippen molar-refractivity contribution in [2.75, 3.05) is 0 Å². The predicted octanol–water partition coefficient (Wildman–Crippen LogP) is -0.181.